The molecule has 0 aliphatic heterocycles. The average molecular weight is 323 g/mol. The number of alkyl halides is 1. The predicted octanol–water partition coefficient (Wildman–Crippen LogP) is 5.43. The molecule has 3 aromatic rings. The second kappa shape index (κ2) is 5.32. The van der Waals surface area contributed by atoms with Gasteiger partial charge in [-0.3, -0.25) is 4.57 Å². The van der Waals surface area contributed by atoms with E-state index >= 15 is 0 Å². The van der Waals surface area contributed by atoms with E-state index in [2.05, 4.69) is 4.98 Å². The van der Waals surface area contributed by atoms with Crippen LogP contribution in [0.5, 0.6) is 0 Å². The largest absolute Gasteiger partial charge is 0.292 e. The van der Waals surface area contributed by atoms with Gasteiger partial charge in [-0.15, -0.1) is 11.6 Å². The number of imidazole rings is 1. The number of fused-ring (bicyclic) bond motifs is 1. The van der Waals surface area contributed by atoms with Crippen molar-refractivity contribution in [3.05, 3.63) is 58.6 Å². The number of halogens is 3. The molecule has 0 bridgehead atoms. The van der Waals surface area contributed by atoms with Crippen LogP contribution in [0.4, 0.5) is 4.39 Å². The lowest BCUT2D eigenvalue weighted by Gasteiger charge is -2.12. The van der Waals surface area contributed by atoms with Crippen LogP contribution in [0, 0.1) is 12.7 Å². The number of hydrogen-bond donors (Lipinski definition) is 0. The van der Waals surface area contributed by atoms with Crippen molar-refractivity contribution < 1.29 is 4.39 Å². The highest BCUT2D eigenvalue weighted by molar-refractivity contribution is 6.30. The molecule has 0 aliphatic rings. The minimum atomic E-state index is -0.362. The molecule has 5 heteroatoms. The lowest BCUT2D eigenvalue weighted by molar-refractivity contribution is 0.616. The molecule has 1 atom stereocenters. The Labute approximate surface area is 132 Å². The third kappa shape index (κ3) is 2.41. The molecule has 2 nitrogen and oxygen atoms in total. The van der Waals surface area contributed by atoms with Gasteiger partial charge >= 0.3 is 0 Å². The van der Waals surface area contributed by atoms with E-state index in [1.807, 2.05) is 32.0 Å². The van der Waals surface area contributed by atoms with Crippen LogP contribution in [0.3, 0.4) is 0 Å². The summed E-state index contributed by atoms with van der Waals surface area (Å²) in [6.07, 6.45) is 0. The second-order valence-electron chi connectivity index (χ2n) is 4.96. The van der Waals surface area contributed by atoms with Gasteiger partial charge in [-0.2, -0.15) is 0 Å². The summed E-state index contributed by atoms with van der Waals surface area (Å²) in [6.45, 7) is 3.79. The number of nitrogens with zero attached hydrogens (tertiary/aromatic N) is 2. The molecule has 3 rings (SSSR count). The zero-order chi connectivity index (χ0) is 15.1. The first-order chi connectivity index (χ1) is 9.99. The lowest BCUT2D eigenvalue weighted by Crippen LogP contribution is -2.04. The highest BCUT2D eigenvalue weighted by Crippen LogP contribution is 2.31. The maximum Gasteiger partial charge on any atom is 0.147 e. The molecule has 0 saturated heterocycles. The number of aryl methyl sites for hydroxylation is 1. The summed E-state index contributed by atoms with van der Waals surface area (Å²) in [7, 11) is 0. The molecular weight excluding hydrogens is 310 g/mol. The van der Waals surface area contributed by atoms with E-state index in [-0.39, 0.29) is 11.2 Å². The van der Waals surface area contributed by atoms with Crippen LogP contribution in [0.15, 0.2) is 36.4 Å². The van der Waals surface area contributed by atoms with Crippen LogP contribution in [0.25, 0.3) is 16.7 Å². The first-order valence-electron chi connectivity index (χ1n) is 6.56. The van der Waals surface area contributed by atoms with Crippen molar-refractivity contribution in [2.45, 2.75) is 19.2 Å². The van der Waals surface area contributed by atoms with Gasteiger partial charge in [0.1, 0.15) is 11.6 Å². The first-order valence-corrected chi connectivity index (χ1v) is 7.38. The fourth-order valence-corrected chi connectivity index (χ4v) is 2.75. The first kappa shape index (κ1) is 14.4. The molecule has 0 amide bonds. The maximum atomic E-state index is 14.3. The van der Waals surface area contributed by atoms with Crippen molar-refractivity contribution in [3.8, 4) is 5.69 Å². The van der Waals surface area contributed by atoms with Gasteiger partial charge in [-0.25, -0.2) is 9.37 Å². The molecule has 1 heterocycles. The standard InChI is InChI=1S/C16H13Cl2FN2/c1-9-4-3-5-13-15(9)20-16(10(2)17)21(13)14-8-11(18)6-7-12(14)19/h3-8,10H,1-2H3. The average Bonchev–Trinajstić information content (AvgIpc) is 2.82. The van der Waals surface area contributed by atoms with Gasteiger partial charge in [0.2, 0.25) is 0 Å². The number of para-hydroxylation sites is 1. The van der Waals surface area contributed by atoms with E-state index < -0.39 is 0 Å². The van der Waals surface area contributed by atoms with E-state index in [4.69, 9.17) is 23.2 Å². The summed E-state index contributed by atoms with van der Waals surface area (Å²) < 4.78 is 16.0. The van der Waals surface area contributed by atoms with Gasteiger partial charge in [0.15, 0.2) is 0 Å². The van der Waals surface area contributed by atoms with E-state index in [1.165, 1.54) is 12.1 Å². The second-order valence-corrected chi connectivity index (χ2v) is 6.05. The van der Waals surface area contributed by atoms with Crippen LogP contribution in [0.2, 0.25) is 5.02 Å². The number of benzene rings is 2. The number of hydrogen-bond acceptors (Lipinski definition) is 1. The number of rotatable bonds is 2. The molecule has 0 saturated carbocycles. The lowest BCUT2D eigenvalue weighted by atomic mass is 10.2. The fraction of sp³-hybridized carbons (Fsp3) is 0.188. The zero-order valence-corrected chi connectivity index (χ0v) is 13.1. The maximum absolute atomic E-state index is 14.3. The van der Waals surface area contributed by atoms with Crippen molar-refractivity contribution >= 4 is 34.2 Å². The van der Waals surface area contributed by atoms with Crippen molar-refractivity contribution in [1.29, 1.82) is 0 Å². The Morgan fingerprint density at radius 1 is 1.24 bits per heavy atom. The topological polar surface area (TPSA) is 17.8 Å². The van der Waals surface area contributed by atoms with Crippen LogP contribution >= 0.6 is 23.2 Å². The van der Waals surface area contributed by atoms with E-state index in [0.717, 1.165) is 16.6 Å². The van der Waals surface area contributed by atoms with Gasteiger partial charge in [0.25, 0.3) is 0 Å². The molecule has 1 aromatic heterocycles. The smallest absolute Gasteiger partial charge is 0.147 e. The Morgan fingerprint density at radius 3 is 2.71 bits per heavy atom. The van der Waals surface area contributed by atoms with Crippen molar-refractivity contribution in [1.82, 2.24) is 9.55 Å². The quantitative estimate of drug-likeness (QED) is 0.575. The van der Waals surface area contributed by atoms with Crippen LogP contribution < -0.4 is 0 Å². The molecule has 1 unspecified atom stereocenters. The van der Waals surface area contributed by atoms with Crippen LogP contribution in [-0.2, 0) is 0 Å². The molecule has 0 aliphatic carbocycles. The van der Waals surface area contributed by atoms with Gasteiger partial charge in [-0.05, 0) is 43.7 Å². The highest BCUT2D eigenvalue weighted by atomic mass is 35.5. The third-order valence-corrected chi connectivity index (χ3v) is 3.85. The summed E-state index contributed by atoms with van der Waals surface area (Å²) in [6, 6.07) is 10.2. The monoisotopic (exact) mass is 322 g/mol. The fourth-order valence-electron chi connectivity index (χ4n) is 2.43. The summed E-state index contributed by atoms with van der Waals surface area (Å²) in [5.74, 6) is 0.237. The Morgan fingerprint density at radius 2 is 2.00 bits per heavy atom. The Hall–Kier alpha value is -1.58. The molecule has 0 N–H and O–H groups in total. The van der Waals surface area contributed by atoms with E-state index in [9.17, 15) is 4.39 Å². The predicted molar refractivity (Wildman–Crippen MR) is 85.0 cm³/mol. The zero-order valence-electron chi connectivity index (χ0n) is 11.6. The van der Waals surface area contributed by atoms with E-state index in [1.54, 1.807) is 10.6 Å². The summed E-state index contributed by atoms with van der Waals surface area (Å²) >= 11 is 12.3. The van der Waals surface area contributed by atoms with Crippen LogP contribution in [0.1, 0.15) is 23.7 Å². The van der Waals surface area contributed by atoms with Gasteiger partial charge in [0.05, 0.1) is 22.1 Å². The van der Waals surface area contributed by atoms with Crippen molar-refractivity contribution in [3.63, 3.8) is 0 Å². The van der Waals surface area contributed by atoms with Crippen LogP contribution in [-0.4, -0.2) is 9.55 Å². The summed E-state index contributed by atoms with van der Waals surface area (Å²) in [5, 5.41) is 0.115. The minimum absolute atomic E-state index is 0.352. The minimum Gasteiger partial charge on any atom is -0.292 e. The number of aromatic nitrogens is 2. The Balaban J connectivity index is 2.42. The molecule has 108 valence electrons. The van der Waals surface area contributed by atoms with Crippen molar-refractivity contribution in [2.75, 3.05) is 0 Å². The SMILES string of the molecule is Cc1cccc2c1nc(C(C)Cl)n2-c1cc(Cl)ccc1F. The molecular formula is C16H13Cl2FN2. The normalized spacial score (nSPS) is 12.8. The molecule has 0 spiro atoms. The molecule has 21 heavy (non-hydrogen) atoms. The molecule has 2 aromatic carbocycles. The Bertz CT molecular complexity index is 825. The Kier molecular flexibility index (Phi) is 3.64. The highest BCUT2D eigenvalue weighted by Gasteiger charge is 2.19. The summed E-state index contributed by atoms with van der Waals surface area (Å²) in [4.78, 5) is 4.58. The van der Waals surface area contributed by atoms with Gasteiger partial charge < -0.3 is 0 Å². The molecule has 0 radical (unpaired) electrons. The van der Waals surface area contributed by atoms with Gasteiger partial charge in [-0.1, -0.05) is 23.7 Å². The van der Waals surface area contributed by atoms with E-state index in [0.29, 0.717) is 16.5 Å². The third-order valence-electron chi connectivity index (χ3n) is 3.42. The summed E-state index contributed by atoms with van der Waals surface area (Å²) in [5.41, 5.74) is 3.02. The van der Waals surface area contributed by atoms with Crippen molar-refractivity contribution in [2.24, 2.45) is 0 Å². The molecule has 0 fully saturated rings. The van der Waals surface area contributed by atoms with Gasteiger partial charge in [0, 0.05) is 5.02 Å².